The SMILES string of the molecule is CCC(C#N)S(=O)(=O)NCC(C)(C)C(N)=O. The lowest BCUT2D eigenvalue weighted by Crippen LogP contribution is -2.44. The minimum absolute atomic E-state index is 0.108. The number of nitrogens with two attached hydrogens (primary N) is 1. The molecule has 0 saturated heterocycles. The fourth-order valence-electron chi connectivity index (χ4n) is 0.849. The molecule has 16 heavy (non-hydrogen) atoms. The Morgan fingerprint density at radius 2 is 2.06 bits per heavy atom. The lowest BCUT2D eigenvalue weighted by atomic mass is 9.93. The van der Waals surface area contributed by atoms with Crippen LogP contribution in [0.2, 0.25) is 0 Å². The second kappa shape index (κ2) is 5.27. The van der Waals surface area contributed by atoms with Crippen LogP contribution in [0.4, 0.5) is 0 Å². The summed E-state index contributed by atoms with van der Waals surface area (Å²) in [7, 11) is -3.71. The topological polar surface area (TPSA) is 113 Å². The van der Waals surface area contributed by atoms with Crippen molar-refractivity contribution in [3.63, 3.8) is 0 Å². The van der Waals surface area contributed by atoms with Gasteiger partial charge in [-0.05, 0) is 20.3 Å². The summed E-state index contributed by atoms with van der Waals surface area (Å²) >= 11 is 0. The van der Waals surface area contributed by atoms with Gasteiger partial charge in [0.05, 0.1) is 11.5 Å². The molecule has 0 spiro atoms. The van der Waals surface area contributed by atoms with E-state index in [9.17, 15) is 13.2 Å². The molecule has 0 aliphatic rings. The van der Waals surface area contributed by atoms with Gasteiger partial charge in [-0.1, -0.05) is 6.92 Å². The zero-order valence-corrected chi connectivity index (χ0v) is 10.5. The summed E-state index contributed by atoms with van der Waals surface area (Å²) in [5.74, 6) is -0.597. The van der Waals surface area contributed by atoms with Crippen molar-refractivity contribution in [2.75, 3.05) is 6.54 Å². The Morgan fingerprint density at radius 3 is 2.38 bits per heavy atom. The predicted molar refractivity (Wildman–Crippen MR) is 59.6 cm³/mol. The van der Waals surface area contributed by atoms with Gasteiger partial charge >= 0.3 is 0 Å². The highest BCUT2D eigenvalue weighted by atomic mass is 32.2. The van der Waals surface area contributed by atoms with Crippen molar-refractivity contribution in [2.45, 2.75) is 32.4 Å². The molecule has 0 saturated carbocycles. The quantitative estimate of drug-likeness (QED) is 0.672. The molecule has 0 aromatic carbocycles. The summed E-state index contributed by atoms with van der Waals surface area (Å²) < 4.78 is 25.4. The van der Waals surface area contributed by atoms with Crippen LogP contribution >= 0.6 is 0 Å². The van der Waals surface area contributed by atoms with E-state index in [1.807, 2.05) is 0 Å². The standard InChI is InChI=1S/C9H17N3O3S/c1-4-7(5-10)16(14,15)12-6-9(2,3)8(11)13/h7,12H,4,6H2,1-3H3,(H2,11,13). The van der Waals surface area contributed by atoms with Crippen molar-refractivity contribution in [3.8, 4) is 6.07 Å². The van der Waals surface area contributed by atoms with Gasteiger partial charge in [0.2, 0.25) is 15.9 Å². The van der Waals surface area contributed by atoms with Crippen molar-refractivity contribution in [1.29, 1.82) is 5.26 Å². The highest BCUT2D eigenvalue weighted by Crippen LogP contribution is 2.13. The maximum absolute atomic E-state index is 11.6. The van der Waals surface area contributed by atoms with Gasteiger partial charge in [0.15, 0.2) is 5.25 Å². The van der Waals surface area contributed by atoms with E-state index in [0.29, 0.717) is 0 Å². The highest BCUT2D eigenvalue weighted by Gasteiger charge is 2.30. The molecule has 3 N–H and O–H groups in total. The Morgan fingerprint density at radius 1 is 1.56 bits per heavy atom. The first-order valence-corrected chi connectivity index (χ1v) is 6.40. The van der Waals surface area contributed by atoms with Crippen LogP contribution in [0.3, 0.4) is 0 Å². The van der Waals surface area contributed by atoms with Crippen molar-refractivity contribution >= 4 is 15.9 Å². The van der Waals surface area contributed by atoms with Crippen LogP contribution in [0.25, 0.3) is 0 Å². The number of hydrogen-bond acceptors (Lipinski definition) is 4. The van der Waals surface area contributed by atoms with Crippen LogP contribution < -0.4 is 10.5 Å². The molecule has 92 valence electrons. The molecule has 0 rings (SSSR count). The third-order valence-corrected chi connectivity index (χ3v) is 4.01. The second-order valence-corrected chi connectivity index (χ2v) is 6.09. The van der Waals surface area contributed by atoms with Crippen LogP contribution in [0.1, 0.15) is 27.2 Å². The molecule has 6 nitrogen and oxygen atoms in total. The number of sulfonamides is 1. The Hall–Kier alpha value is -1.13. The average Bonchev–Trinajstić information content (AvgIpc) is 2.16. The predicted octanol–water partition coefficient (Wildman–Crippen LogP) is -0.281. The van der Waals surface area contributed by atoms with E-state index in [1.165, 1.54) is 13.8 Å². The maximum atomic E-state index is 11.6. The first-order chi connectivity index (χ1) is 7.17. The zero-order valence-electron chi connectivity index (χ0n) is 9.65. The monoisotopic (exact) mass is 247 g/mol. The first kappa shape index (κ1) is 14.9. The molecule has 1 amide bonds. The lowest BCUT2D eigenvalue weighted by molar-refractivity contribution is -0.125. The third-order valence-electron chi connectivity index (χ3n) is 2.27. The Bertz CT molecular complexity index is 395. The maximum Gasteiger partial charge on any atom is 0.227 e. The van der Waals surface area contributed by atoms with Gasteiger partial charge in [0.1, 0.15) is 0 Å². The lowest BCUT2D eigenvalue weighted by Gasteiger charge is -2.21. The number of rotatable bonds is 6. The van der Waals surface area contributed by atoms with E-state index in [2.05, 4.69) is 4.72 Å². The number of nitriles is 1. The summed E-state index contributed by atoms with van der Waals surface area (Å²) in [5, 5.41) is 7.54. The Kier molecular flexibility index (Phi) is 4.90. The normalized spacial score (nSPS) is 14.1. The van der Waals surface area contributed by atoms with Gasteiger partial charge in [-0.25, -0.2) is 13.1 Å². The molecule has 0 heterocycles. The van der Waals surface area contributed by atoms with E-state index < -0.39 is 26.6 Å². The Balaban J connectivity index is 4.66. The van der Waals surface area contributed by atoms with Gasteiger partial charge < -0.3 is 5.73 Å². The number of hydrogen-bond donors (Lipinski definition) is 2. The van der Waals surface area contributed by atoms with E-state index in [1.54, 1.807) is 13.0 Å². The number of primary amides is 1. The van der Waals surface area contributed by atoms with Crippen LogP contribution in [-0.2, 0) is 14.8 Å². The van der Waals surface area contributed by atoms with E-state index in [-0.39, 0.29) is 13.0 Å². The smallest absolute Gasteiger partial charge is 0.227 e. The summed E-state index contributed by atoms with van der Waals surface area (Å²) in [6.45, 7) is 4.56. The van der Waals surface area contributed by atoms with E-state index in [0.717, 1.165) is 0 Å². The van der Waals surface area contributed by atoms with Crippen molar-refractivity contribution in [1.82, 2.24) is 4.72 Å². The zero-order chi connectivity index (χ0) is 13.0. The Labute approximate surface area is 95.9 Å². The number of nitrogens with zero attached hydrogens (tertiary/aromatic N) is 1. The minimum atomic E-state index is -3.71. The van der Waals surface area contributed by atoms with Crippen LogP contribution in [0, 0.1) is 16.7 Å². The summed E-state index contributed by atoms with van der Waals surface area (Å²) in [6.07, 6.45) is 0.197. The number of carbonyl (C=O) groups excluding carboxylic acids is 1. The molecule has 0 fully saturated rings. The van der Waals surface area contributed by atoms with Gasteiger partial charge in [0, 0.05) is 6.54 Å². The largest absolute Gasteiger partial charge is 0.369 e. The van der Waals surface area contributed by atoms with Gasteiger partial charge in [-0.3, -0.25) is 4.79 Å². The molecule has 0 radical (unpaired) electrons. The highest BCUT2D eigenvalue weighted by molar-refractivity contribution is 7.90. The first-order valence-electron chi connectivity index (χ1n) is 4.85. The fraction of sp³-hybridized carbons (Fsp3) is 0.778. The molecule has 1 atom stereocenters. The minimum Gasteiger partial charge on any atom is -0.369 e. The van der Waals surface area contributed by atoms with Gasteiger partial charge in [0.25, 0.3) is 0 Å². The molecule has 1 unspecified atom stereocenters. The molecule has 7 heteroatoms. The molecular weight excluding hydrogens is 230 g/mol. The number of carbonyl (C=O) groups is 1. The molecule has 0 aromatic rings. The second-order valence-electron chi connectivity index (χ2n) is 4.14. The van der Waals surface area contributed by atoms with Crippen molar-refractivity contribution in [2.24, 2.45) is 11.1 Å². The van der Waals surface area contributed by atoms with E-state index >= 15 is 0 Å². The summed E-state index contributed by atoms with van der Waals surface area (Å²) in [4.78, 5) is 11.0. The average molecular weight is 247 g/mol. The van der Waals surface area contributed by atoms with Crippen LogP contribution in [0.15, 0.2) is 0 Å². The van der Waals surface area contributed by atoms with Crippen molar-refractivity contribution in [3.05, 3.63) is 0 Å². The van der Waals surface area contributed by atoms with Crippen molar-refractivity contribution < 1.29 is 13.2 Å². The third kappa shape index (κ3) is 3.79. The van der Waals surface area contributed by atoms with Crippen LogP contribution in [0.5, 0.6) is 0 Å². The summed E-state index contributed by atoms with van der Waals surface area (Å²) in [5.41, 5.74) is 4.13. The van der Waals surface area contributed by atoms with Crippen LogP contribution in [-0.4, -0.2) is 26.1 Å². The van der Waals surface area contributed by atoms with Gasteiger partial charge in [-0.2, -0.15) is 5.26 Å². The molecule has 0 aliphatic heterocycles. The fourth-order valence-corrected chi connectivity index (χ4v) is 2.19. The number of nitrogens with one attached hydrogen (secondary N) is 1. The molecule has 0 aliphatic carbocycles. The summed E-state index contributed by atoms with van der Waals surface area (Å²) in [6, 6.07) is 1.69. The number of amides is 1. The molecule has 0 aromatic heterocycles. The van der Waals surface area contributed by atoms with Gasteiger partial charge in [-0.15, -0.1) is 0 Å². The van der Waals surface area contributed by atoms with E-state index in [4.69, 9.17) is 11.0 Å². The molecule has 0 bridgehead atoms. The molecular formula is C9H17N3O3S.